The van der Waals surface area contributed by atoms with Crippen molar-refractivity contribution < 1.29 is 17.9 Å². The van der Waals surface area contributed by atoms with E-state index < -0.39 is 10.0 Å². The number of rotatable bonds is 7. The van der Waals surface area contributed by atoms with E-state index in [9.17, 15) is 13.2 Å². The number of benzene rings is 2. The second-order valence-corrected chi connectivity index (χ2v) is 9.35. The zero-order valence-electron chi connectivity index (χ0n) is 16.4. The van der Waals surface area contributed by atoms with Crippen LogP contribution in [0.3, 0.4) is 0 Å². The number of hydrogen-bond donors (Lipinski definition) is 1. The van der Waals surface area contributed by atoms with Crippen LogP contribution in [0.1, 0.15) is 27.9 Å². The lowest BCUT2D eigenvalue weighted by Gasteiger charge is -2.26. The smallest absolute Gasteiger partial charge is 0.252 e. The van der Waals surface area contributed by atoms with Crippen LogP contribution in [0.4, 0.5) is 0 Å². The van der Waals surface area contributed by atoms with E-state index in [-0.39, 0.29) is 21.4 Å². The van der Waals surface area contributed by atoms with Crippen molar-refractivity contribution in [2.45, 2.75) is 24.7 Å². The van der Waals surface area contributed by atoms with Crippen molar-refractivity contribution in [1.29, 1.82) is 0 Å². The maximum Gasteiger partial charge on any atom is 0.252 e. The summed E-state index contributed by atoms with van der Waals surface area (Å²) in [5.74, 6) is -0.377. The van der Waals surface area contributed by atoms with Gasteiger partial charge in [-0.2, -0.15) is 4.31 Å². The minimum absolute atomic E-state index is 0.0635. The van der Waals surface area contributed by atoms with E-state index in [1.807, 2.05) is 6.92 Å². The number of nitrogens with one attached hydrogen (secondary N) is 1. The summed E-state index contributed by atoms with van der Waals surface area (Å²) < 4.78 is 32.2. The van der Waals surface area contributed by atoms with Gasteiger partial charge in [-0.3, -0.25) is 4.79 Å². The number of hydrogen-bond acceptors (Lipinski definition) is 4. The number of ether oxygens (including phenoxy) is 1. The van der Waals surface area contributed by atoms with E-state index in [0.29, 0.717) is 32.8 Å². The van der Waals surface area contributed by atoms with Gasteiger partial charge in [0.15, 0.2) is 0 Å². The topological polar surface area (TPSA) is 75.7 Å². The van der Waals surface area contributed by atoms with Gasteiger partial charge >= 0.3 is 0 Å². The van der Waals surface area contributed by atoms with Crippen LogP contribution in [-0.4, -0.2) is 51.5 Å². The van der Waals surface area contributed by atoms with Crippen LogP contribution in [0.15, 0.2) is 47.4 Å². The second-order valence-electron chi connectivity index (χ2n) is 7.00. The molecular formula is C21H25ClN2O4S. The number of sulfonamides is 1. The highest BCUT2D eigenvalue weighted by atomic mass is 35.5. The van der Waals surface area contributed by atoms with Crippen LogP contribution in [0.25, 0.3) is 0 Å². The zero-order chi connectivity index (χ0) is 20.9. The molecular weight excluding hydrogens is 412 g/mol. The Morgan fingerprint density at radius 3 is 2.52 bits per heavy atom. The minimum atomic E-state index is -3.68. The summed E-state index contributed by atoms with van der Waals surface area (Å²) >= 11 is 6.16. The highest BCUT2D eigenvalue weighted by molar-refractivity contribution is 7.89. The average Bonchev–Trinajstić information content (AvgIpc) is 2.73. The number of amides is 1. The van der Waals surface area contributed by atoms with Crippen LogP contribution in [0, 0.1) is 6.92 Å². The van der Waals surface area contributed by atoms with E-state index in [1.54, 1.807) is 0 Å². The monoisotopic (exact) mass is 436 g/mol. The summed E-state index contributed by atoms with van der Waals surface area (Å²) in [5, 5.41) is 3.05. The highest BCUT2D eigenvalue weighted by Crippen LogP contribution is 2.23. The Labute approximate surface area is 176 Å². The first-order valence-electron chi connectivity index (χ1n) is 9.59. The summed E-state index contributed by atoms with van der Waals surface area (Å²) in [5.41, 5.74) is 2.58. The molecule has 2 aromatic carbocycles. The predicted molar refractivity (Wildman–Crippen MR) is 113 cm³/mol. The number of morpholine rings is 1. The zero-order valence-corrected chi connectivity index (χ0v) is 17.9. The summed E-state index contributed by atoms with van der Waals surface area (Å²) in [6.45, 7) is 3.84. The third kappa shape index (κ3) is 5.57. The fourth-order valence-electron chi connectivity index (χ4n) is 3.12. The minimum Gasteiger partial charge on any atom is -0.379 e. The molecule has 156 valence electrons. The largest absolute Gasteiger partial charge is 0.379 e. The molecule has 1 amide bonds. The standard InChI is InChI=1S/C21H25ClN2O4S/c1-16-4-6-17(7-5-16)3-2-10-23-21(25)19-15-18(8-9-20(19)22)29(26,27)24-11-13-28-14-12-24/h4-9,15H,2-3,10-14H2,1H3,(H,23,25). The van der Waals surface area contributed by atoms with Gasteiger partial charge in [-0.05, 0) is 43.5 Å². The molecule has 1 heterocycles. The lowest BCUT2D eigenvalue weighted by molar-refractivity contribution is 0.0730. The molecule has 0 atom stereocenters. The summed E-state index contributed by atoms with van der Waals surface area (Å²) in [6, 6.07) is 12.5. The van der Waals surface area contributed by atoms with Gasteiger partial charge in [0.25, 0.3) is 5.91 Å². The molecule has 1 aliphatic heterocycles. The molecule has 0 aromatic heterocycles. The van der Waals surface area contributed by atoms with Gasteiger partial charge < -0.3 is 10.1 Å². The molecule has 1 N–H and O–H groups in total. The molecule has 0 spiro atoms. The Kier molecular flexibility index (Phi) is 7.29. The maximum absolute atomic E-state index is 12.8. The Morgan fingerprint density at radius 2 is 1.83 bits per heavy atom. The third-order valence-electron chi connectivity index (χ3n) is 4.84. The van der Waals surface area contributed by atoms with E-state index in [0.717, 1.165) is 12.8 Å². The normalized spacial score (nSPS) is 15.2. The molecule has 0 unspecified atom stereocenters. The van der Waals surface area contributed by atoms with Crippen LogP contribution < -0.4 is 5.32 Å². The van der Waals surface area contributed by atoms with Gasteiger partial charge in [0.1, 0.15) is 0 Å². The summed E-state index contributed by atoms with van der Waals surface area (Å²) in [6.07, 6.45) is 1.62. The fraction of sp³-hybridized carbons (Fsp3) is 0.381. The van der Waals surface area contributed by atoms with Crippen molar-refractivity contribution in [1.82, 2.24) is 9.62 Å². The molecule has 0 bridgehead atoms. The highest BCUT2D eigenvalue weighted by Gasteiger charge is 2.27. The van der Waals surface area contributed by atoms with Gasteiger partial charge in [-0.1, -0.05) is 41.4 Å². The lowest BCUT2D eigenvalue weighted by Crippen LogP contribution is -2.40. The van der Waals surface area contributed by atoms with Crippen LogP contribution >= 0.6 is 11.6 Å². The fourth-order valence-corrected chi connectivity index (χ4v) is 4.76. The van der Waals surface area contributed by atoms with E-state index in [1.165, 1.54) is 33.6 Å². The molecule has 1 aliphatic rings. The summed E-state index contributed by atoms with van der Waals surface area (Å²) in [7, 11) is -3.68. The third-order valence-corrected chi connectivity index (χ3v) is 7.06. The molecule has 8 heteroatoms. The first kappa shape index (κ1) is 21.8. The number of carbonyl (C=O) groups is 1. The van der Waals surface area contributed by atoms with Crippen molar-refractivity contribution in [2.24, 2.45) is 0 Å². The van der Waals surface area contributed by atoms with Crippen molar-refractivity contribution in [3.63, 3.8) is 0 Å². The Balaban J connectivity index is 1.62. The number of nitrogens with zero attached hydrogens (tertiary/aromatic N) is 1. The van der Waals surface area contributed by atoms with Crippen LogP contribution in [0.2, 0.25) is 5.02 Å². The van der Waals surface area contributed by atoms with Crippen LogP contribution in [0.5, 0.6) is 0 Å². The quantitative estimate of drug-likeness (QED) is 0.677. The summed E-state index contributed by atoms with van der Waals surface area (Å²) in [4.78, 5) is 12.6. The van der Waals surface area contributed by atoms with Crippen LogP contribution in [-0.2, 0) is 21.2 Å². The molecule has 1 saturated heterocycles. The molecule has 1 fully saturated rings. The van der Waals surface area contributed by atoms with Crippen molar-refractivity contribution >= 4 is 27.5 Å². The molecule has 3 rings (SSSR count). The van der Waals surface area contributed by atoms with Crippen molar-refractivity contribution in [2.75, 3.05) is 32.8 Å². The number of carbonyl (C=O) groups excluding carboxylic acids is 1. The van der Waals surface area contributed by atoms with Gasteiger partial charge in [0, 0.05) is 19.6 Å². The number of aryl methyl sites for hydroxylation is 2. The lowest BCUT2D eigenvalue weighted by atomic mass is 10.1. The Hall–Kier alpha value is -1.93. The van der Waals surface area contributed by atoms with E-state index >= 15 is 0 Å². The van der Waals surface area contributed by atoms with Gasteiger partial charge in [-0.25, -0.2) is 8.42 Å². The molecule has 2 aromatic rings. The molecule has 0 saturated carbocycles. The molecule has 0 aliphatic carbocycles. The van der Waals surface area contributed by atoms with Gasteiger partial charge in [0.2, 0.25) is 10.0 Å². The average molecular weight is 437 g/mol. The number of halogens is 1. The second kappa shape index (κ2) is 9.71. The van der Waals surface area contributed by atoms with Crippen molar-refractivity contribution in [3.8, 4) is 0 Å². The maximum atomic E-state index is 12.8. The first-order chi connectivity index (χ1) is 13.9. The van der Waals surface area contributed by atoms with E-state index in [4.69, 9.17) is 16.3 Å². The van der Waals surface area contributed by atoms with Crippen molar-refractivity contribution in [3.05, 3.63) is 64.2 Å². The predicted octanol–water partition coefficient (Wildman–Crippen LogP) is 3.03. The Bertz CT molecular complexity index is 955. The van der Waals surface area contributed by atoms with Gasteiger partial charge in [0.05, 0.1) is 28.7 Å². The SMILES string of the molecule is Cc1ccc(CCCNC(=O)c2cc(S(=O)(=O)N3CCOCC3)ccc2Cl)cc1. The molecule has 0 radical (unpaired) electrons. The Morgan fingerprint density at radius 1 is 1.14 bits per heavy atom. The first-order valence-corrected chi connectivity index (χ1v) is 11.4. The molecule has 29 heavy (non-hydrogen) atoms. The van der Waals surface area contributed by atoms with E-state index in [2.05, 4.69) is 29.6 Å². The van der Waals surface area contributed by atoms with Gasteiger partial charge in [-0.15, -0.1) is 0 Å². The molecule has 6 nitrogen and oxygen atoms in total.